The summed E-state index contributed by atoms with van der Waals surface area (Å²) in [5, 5.41) is -0.256. The SMILES string of the molecule is CC(C)(C)c1ccc(C(=O)COc2ccc3c(C(F)(F)F)cc(=O)oc3c2)cc1. The third-order valence-corrected chi connectivity index (χ3v) is 4.46. The molecule has 0 aliphatic carbocycles. The number of hydrogen-bond acceptors (Lipinski definition) is 4. The van der Waals surface area contributed by atoms with Gasteiger partial charge < -0.3 is 9.15 Å². The first-order valence-corrected chi connectivity index (χ1v) is 8.87. The van der Waals surface area contributed by atoms with Crippen molar-refractivity contribution in [2.75, 3.05) is 6.61 Å². The van der Waals surface area contributed by atoms with Crippen molar-refractivity contribution in [1.29, 1.82) is 0 Å². The van der Waals surface area contributed by atoms with E-state index in [1.165, 1.54) is 12.1 Å². The Morgan fingerprint density at radius 2 is 1.66 bits per heavy atom. The van der Waals surface area contributed by atoms with E-state index in [2.05, 4.69) is 20.8 Å². The molecule has 0 spiro atoms. The molecule has 7 heteroatoms. The molecule has 3 aromatic rings. The quantitative estimate of drug-likeness (QED) is 0.433. The summed E-state index contributed by atoms with van der Waals surface area (Å²) in [5.74, 6) is -0.157. The highest BCUT2D eigenvalue weighted by molar-refractivity contribution is 5.97. The Morgan fingerprint density at radius 1 is 1.00 bits per heavy atom. The molecule has 0 amide bonds. The van der Waals surface area contributed by atoms with Crippen LogP contribution in [0.15, 0.2) is 57.7 Å². The van der Waals surface area contributed by atoms with E-state index < -0.39 is 17.4 Å². The van der Waals surface area contributed by atoms with E-state index in [9.17, 15) is 22.8 Å². The first kappa shape index (κ1) is 20.6. The Labute approximate surface area is 164 Å². The largest absolute Gasteiger partial charge is 0.485 e. The molecule has 0 atom stereocenters. The highest BCUT2D eigenvalue weighted by Gasteiger charge is 2.33. The Bertz CT molecular complexity index is 1100. The van der Waals surface area contributed by atoms with E-state index in [1.54, 1.807) is 12.1 Å². The smallest absolute Gasteiger partial charge is 0.417 e. The van der Waals surface area contributed by atoms with Crippen LogP contribution in [0.3, 0.4) is 0 Å². The summed E-state index contributed by atoms with van der Waals surface area (Å²) in [7, 11) is 0. The highest BCUT2D eigenvalue weighted by atomic mass is 19.4. The van der Waals surface area contributed by atoms with Crippen LogP contribution >= 0.6 is 0 Å². The summed E-state index contributed by atoms with van der Waals surface area (Å²) in [4.78, 5) is 23.8. The number of Topliss-reactive ketones (excluding diaryl/α,β-unsaturated/α-hetero) is 1. The van der Waals surface area contributed by atoms with Crippen LogP contribution < -0.4 is 10.4 Å². The zero-order valence-corrected chi connectivity index (χ0v) is 16.1. The van der Waals surface area contributed by atoms with Crippen LogP contribution in [0.25, 0.3) is 11.0 Å². The molecule has 152 valence electrons. The second-order valence-corrected chi connectivity index (χ2v) is 7.67. The number of hydrogen-bond donors (Lipinski definition) is 0. The van der Waals surface area contributed by atoms with Crippen LogP contribution in [0, 0.1) is 0 Å². The van der Waals surface area contributed by atoms with Gasteiger partial charge in [-0.25, -0.2) is 4.79 Å². The van der Waals surface area contributed by atoms with Gasteiger partial charge in [0.15, 0.2) is 12.4 Å². The molecule has 0 fully saturated rings. The van der Waals surface area contributed by atoms with E-state index in [0.717, 1.165) is 11.6 Å². The van der Waals surface area contributed by atoms with Crippen molar-refractivity contribution in [3.05, 3.63) is 75.6 Å². The van der Waals surface area contributed by atoms with Crippen molar-refractivity contribution >= 4 is 16.8 Å². The van der Waals surface area contributed by atoms with E-state index in [-0.39, 0.29) is 34.5 Å². The minimum atomic E-state index is -4.69. The molecular weight excluding hydrogens is 385 g/mol. The molecule has 4 nitrogen and oxygen atoms in total. The maximum absolute atomic E-state index is 13.1. The van der Waals surface area contributed by atoms with Gasteiger partial charge >= 0.3 is 11.8 Å². The Hall–Kier alpha value is -3.09. The number of halogens is 3. The highest BCUT2D eigenvalue weighted by Crippen LogP contribution is 2.34. The molecule has 0 unspecified atom stereocenters. The lowest BCUT2D eigenvalue weighted by molar-refractivity contribution is -0.136. The predicted molar refractivity (Wildman–Crippen MR) is 102 cm³/mol. The van der Waals surface area contributed by atoms with Crippen molar-refractivity contribution in [2.45, 2.75) is 32.4 Å². The molecule has 0 saturated heterocycles. The van der Waals surface area contributed by atoms with Gasteiger partial charge in [-0.15, -0.1) is 0 Å². The third-order valence-electron chi connectivity index (χ3n) is 4.46. The number of ether oxygens (including phenoxy) is 1. The molecule has 2 aromatic carbocycles. The van der Waals surface area contributed by atoms with Crippen LogP contribution in [0.1, 0.15) is 42.3 Å². The number of alkyl halides is 3. The molecule has 29 heavy (non-hydrogen) atoms. The molecule has 3 rings (SSSR count). The summed E-state index contributed by atoms with van der Waals surface area (Å²) in [5.41, 5.74) is -0.946. The van der Waals surface area contributed by atoms with Crippen LogP contribution in [-0.2, 0) is 11.6 Å². The minimum Gasteiger partial charge on any atom is -0.485 e. The average Bonchev–Trinajstić information content (AvgIpc) is 2.63. The van der Waals surface area contributed by atoms with Gasteiger partial charge in [-0.1, -0.05) is 45.0 Å². The fourth-order valence-electron chi connectivity index (χ4n) is 2.86. The lowest BCUT2D eigenvalue weighted by Crippen LogP contribution is -2.14. The predicted octanol–water partition coefficient (Wildman–Crippen LogP) is 5.37. The average molecular weight is 404 g/mol. The summed E-state index contributed by atoms with van der Waals surface area (Å²) in [6.07, 6.45) is -4.69. The lowest BCUT2D eigenvalue weighted by Gasteiger charge is -2.19. The van der Waals surface area contributed by atoms with Gasteiger partial charge in [0.05, 0.1) is 5.56 Å². The van der Waals surface area contributed by atoms with Crippen molar-refractivity contribution in [1.82, 2.24) is 0 Å². The lowest BCUT2D eigenvalue weighted by atomic mass is 9.86. The molecule has 1 heterocycles. The fraction of sp³-hybridized carbons (Fsp3) is 0.273. The maximum atomic E-state index is 13.1. The van der Waals surface area contributed by atoms with Crippen molar-refractivity contribution in [2.24, 2.45) is 0 Å². The molecule has 0 saturated carbocycles. The summed E-state index contributed by atoms with van der Waals surface area (Å²) >= 11 is 0. The summed E-state index contributed by atoms with van der Waals surface area (Å²) in [6, 6.07) is 11.2. The standard InChI is InChI=1S/C22H19F3O4/c1-21(2,3)14-6-4-13(5-7-14)18(26)12-28-15-8-9-16-17(22(23,24)25)11-20(27)29-19(16)10-15/h4-11H,12H2,1-3H3. The number of fused-ring (bicyclic) bond motifs is 1. The molecule has 0 aliphatic heterocycles. The third kappa shape index (κ3) is 4.67. The molecule has 1 aromatic heterocycles. The summed E-state index contributed by atoms with van der Waals surface area (Å²) < 4.78 is 49.5. The second-order valence-electron chi connectivity index (χ2n) is 7.67. The van der Waals surface area contributed by atoms with E-state index in [4.69, 9.17) is 9.15 Å². The van der Waals surface area contributed by atoms with Crippen molar-refractivity contribution in [3.63, 3.8) is 0 Å². The molecule has 0 N–H and O–H groups in total. The van der Waals surface area contributed by atoms with Crippen LogP contribution in [0.4, 0.5) is 13.2 Å². The second kappa shape index (κ2) is 7.39. The minimum absolute atomic E-state index is 0.0393. The van der Waals surface area contributed by atoms with Crippen LogP contribution in [0.5, 0.6) is 5.75 Å². The first-order valence-electron chi connectivity index (χ1n) is 8.87. The Kier molecular flexibility index (Phi) is 5.26. The number of benzene rings is 2. The van der Waals surface area contributed by atoms with Gasteiger partial charge in [-0.2, -0.15) is 13.2 Å². The van der Waals surface area contributed by atoms with Crippen molar-refractivity contribution in [3.8, 4) is 5.75 Å². The number of rotatable bonds is 4. The first-order chi connectivity index (χ1) is 13.4. The van der Waals surface area contributed by atoms with Crippen LogP contribution in [-0.4, -0.2) is 12.4 Å². The van der Waals surface area contributed by atoms with E-state index in [1.807, 2.05) is 12.1 Å². The maximum Gasteiger partial charge on any atom is 0.417 e. The van der Waals surface area contributed by atoms with Gasteiger partial charge in [0, 0.05) is 23.1 Å². The molecule has 0 radical (unpaired) electrons. The number of carbonyl (C=O) groups is 1. The monoisotopic (exact) mass is 404 g/mol. The van der Waals surface area contributed by atoms with Gasteiger partial charge in [0.1, 0.15) is 11.3 Å². The zero-order chi connectivity index (χ0) is 21.4. The van der Waals surface area contributed by atoms with Crippen LogP contribution in [0.2, 0.25) is 0 Å². The van der Waals surface area contributed by atoms with E-state index in [0.29, 0.717) is 11.6 Å². The molecule has 0 bridgehead atoms. The number of carbonyl (C=O) groups excluding carboxylic acids is 1. The number of ketones is 1. The van der Waals surface area contributed by atoms with E-state index >= 15 is 0 Å². The fourth-order valence-corrected chi connectivity index (χ4v) is 2.86. The topological polar surface area (TPSA) is 56.5 Å². The van der Waals surface area contributed by atoms with Gasteiger partial charge in [0.2, 0.25) is 0 Å². The Morgan fingerprint density at radius 3 is 2.24 bits per heavy atom. The Balaban J connectivity index is 1.79. The van der Waals surface area contributed by atoms with Gasteiger partial charge in [0.25, 0.3) is 0 Å². The van der Waals surface area contributed by atoms with Gasteiger partial charge in [-0.3, -0.25) is 4.79 Å². The summed E-state index contributed by atoms with van der Waals surface area (Å²) in [6.45, 7) is 5.89. The molecule has 0 aliphatic rings. The normalized spacial score (nSPS) is 12.2. The van der Waals surface area contributed by atoms with Gasteiger partial charge in [-0.05, 0) is 23.1 Å². The zero-order valence-electron chi connectivity index (χ0n) is 16.1. The molecular formula is C22H19F3O4. The van der Waals surface area contributed by atoms with Crippen molar-refractivity contribution < 1.29 is 27.1 Å².